The second kappa shape index (κ2) is 6.21. The fourth-order valence-corrected chi connectivity index (χ4v) is 4.03. The third-order valence-electron chi connectivity index (χ3n) is 4.71. The Morgan fingerprint density at radius 2 is 1.85 bits per heavy atom. The van der Waals surface area contributed by atoms with E-state index in [1.54, 1.807) is 6.20 Å². The minimum absolute atomic E-state index is 0.0400. The standard InChI is InChI=1S/C20H15N5OS/c1-25-16-9-5-3-7-13(16)18-19(25)22-20(24-23-18)27-11-17(26)14-10-21-15-8-4-2-6-12(14)15/h2-10,21H,11H2,1H3. The molecule has 0 bridgehead atoms. The van der Waals surface area contributed by atoms with Crippen molar-refractivity contribution in [1.82, 2.24) is 24.7 Å². The van der Waals surface area contributed by atoms with Gasteiger partial charge in [0.05, 0.1) is 11.3 Å². The van der Waals surface area contributed by atoms with Crippen LogP contribution in [0.5, 0.6) is 0 Å². The lowest BCUT2D eigenvalue weighted by molar-refractivity contribution is 0.102. The van der Waals surface area contributed by atoms with E-state index in [9.17, 15) is 4.79 Å². The summed E-state index contributed by atoms with van der Waals surface area (Å²) in [6, 6.07) is 15.8. The zero-order valence-electron chi connectivity index (χ0n) is 14.5. The maximum atomic E-state index is 12.6. The van der Waals surface area contributed by atoms with Gasteiger partial charge < -0.3 is 9.55 Å². The summed E-state index contributed by atoms with van der Waals surface area (Å²) in [5.41, 5.74) is 4.26. The van der Waals surface area contributed by atoms with Crippen molar-refractivity contribution < 1.29 is 4.79 Å². The molecule has 3 aromatic heterocycles. The van der Waals surface area contributed by atoms with Crippen LogP contribution < -0.4 is 0 Å². The Morgan fingerprint density at radius 3 is 2.74 bits per heavy atom. The first kappa shape index (κ1) is 16.0. The van der Waals surface area contributed by atoms with Gasteiger partial charge in [-0.15, -0.1) is 10.2 Å². The van der Waals surface area contributed by atoms with Gasteiger partial charge >= 0.3 is 0 Å². The zero-order valence-corrected chi connectivity index (χ0v) is 15.3. The largest absolute Gasteiger partial charge is 0.360 e. The number of carbonyl (C=O) groups is 1. The Labute approximate surface area is 158 Å². The van der Waals surface area contributed by atoms with Crippen molar-refractivity contribution in [3.63, 3.8) is 0 Å². The number of Topliss-reactive ketones (excluding diaryl/α,β-unsaturated/α-hetero) is 1. The lowest BCUT2D eigenvalue weighted by Crippen LogP contribution is -2.03. The van der Waals surface area contributed by atoms with Crippen LogP contribution in [0.25, 0.3) is 33.0 Å². The third-order valence-corrected chi connectivity index (χ3v) is 5.55. The molecule has 2 aromatic carbocycles. The molecule has 0 aliphatic rings. The van der Waals surface area contributed by atoms with Crippen molar-refractivity contribution >= 4 is 50.5 Å². The number of thioether (sulfide) groups is 1. The van der Waals surface area contributed by atoms with Gasteiger partial charge in [-0.25, -0.2) is 4.98 Å². The van der Waals surface area contributed by atoms with Crippen molar-refractivity contribution in [2.45, 2.75) is 5.16 Å². The van der Waals surface area contributed by atoms with Gasteiger partial charge in [0.25, 0.3) is 0 Å². The first-order chi connectivity index (χ1) is 13.2. The molecule has 0 saturated carbocycles. The van der Waals surface area contributed by atoms with Crippen LogP contribution in [0.2, 0.25) is 0 Å². The topological polar surface area (TPSA) is 76.5 Å². The molecule has 132 valence electrons. The van der Waals surface area contributed by atoms with Gasteiger partial charge in [-0.2, -0.15) is 0 Å². The van der Waals surface area contributed by atoms with E-state index in [1.807, 2.05) is 60.1 Å². The molecular weight excluding hydrogens is 358 g/mol. The van der Waals surface area contributed by atoms with Gasteiger partial charge in [-0.05, 0) is 12.1 Å². The number of aromatic nitrogens is 5. The number of hydrogen-bond donors (Lipinski definition) is 1. The molecule has 27 heavy (non-hydrogen) atoms. The lowest BCUT2D eigenvalue weighted by Gasteiger charge is -2.01. The molecule has 0 spiro atoms. The third kappa shape index (κ3) is 2.59. The highest BCUT2D eigenvalue weighted by molar-refractivity contribution is 7.99. The smallest absolute Gasteiger partial charge is 0.211 e. The van der Waals surface area contributed by atoms with Crippen molar-refractivity contribution in [3.05, 3.63) is 60.3 Å². The molecule has 0 atom stereocenters. The van der Waals surface area contributed by atoms with Crippen LogP contribution in [0.1, 0.15) is 10.4 Å². The Kier molecular flexibility index (Phi) is 3.68. The average molecular weight is 373 g/mol. The molecule has 0 unspecified atom stereocenters. The fraction of sp³-hybridized carbons (Fsp3) is 0.100. The van der Waals surface area contributed by atoms with Gasteiger partial charge in [0.2, 0.25) is 5.16 Å². The molecule has 7 heteroatoms. The van der Waals surface area contributed by atoms with Gasteiger partial charge in [-0.3, -0.25) is 4.79 Å². The van der Waals surface area contributed by atoms with E-state index in [1.165, 1.54) is 11.8 Å². The molecular formula is C20H15N5OS. The summed E-state index contributed by atoms with van der Waals surface area (Å²) < 4.78 is 2.00. The number of hydrogen-bond acceptors (Lipinski definition) is 5. The van der Waals surface area contributed by atoms with Crippen LogP contribution in [-0.2, 0) is 7.05 Å². The number of rotatable bonds is 4. The van der Waals surface area contributed by atoms with E-state index in [4.69, 9.17) is 0 Å². The summed E-state index contributed by atoms with van der Waals surface area (Å²) in [4.78, 5) is 20.4. The highest BCUT2D eigenvalue weighted by Gasteiger charge is 2.15. The first-order valence-corrected chi connectivity index (χ1v) is 9.51. The predicted molar refractivity (Wildman–Crippen MR) is 107 cm³/mol. The predicted octanol–water partition coefficient (Wildman–Crippen LogP) is 3.97. The van der Waals surface area contributed by atoms with E-state index in [0.717, 1.165) is 33.0 Å². The van der Waals surface area contributed by atoms with Crippen molar-refractivity contribution in [1.29, 1.82) is 0 Å². The van der Waals surface area contributed by atoms with Crippen molar-refractivity contribution in [3.8, 4) is 0 Å². The molecule has 1 N–H and O–H groups in total. The molecule has 3 heterocycles. The quantitative estimate of drug-likeness (QED) is 0.381. The lowest BCUT2D eigenvalue weighted by atomic mass is 10.1. The number of benzene rings is 2. The maximum Gasteiger partial charge on any atom is 0.211 e. The van der Waals surface area contributed by atoms with Crippen LogP contribution in [0, 0.1) is 0 Å². The van der Waals surface area contributed by atoms with E-state index >= 15 is 0 Å². The summed E-state index contributed by atoms with van der Waals surface area (Å²) in [5, 5.41) is 11.0. The Bertz CT molecular complexity index is 1320. The Hall–Kier alpha value is -3.19. The highest BCUT2D eigenvalue weighted by atomic mass is 32.2. The molecule has 5 aromatic rings. The SMILES string of the molecule is Cn1c2ccccc2c2nnc(SCC(=O)c3c[nH]c4ccccc34)nc21. The average Bonchev–Trinajstić information content (AvgIpc) is 3.26. The number of nitrogens with one attached hydrogen (secondary N) is 1. The summed E-state index contributed by atoms with van der Waals surface area (Å²) in [6.07, 6.45) is 1.76. The van der Waals surface area contributed by atoms with Crippen LogP contribution >= 0.6 is 11.8 Å². The number of aryl methyl sites for hydroxylation is 1. The summed E-state index contributed by atoms with van der Waals surface area (Å²) in [7, 11) is 1.96. The van der Waals surface area contributed by atoms with Crippen LogP contribution in [0.15, 0.2) is 59.9 Å². The second-order valence-electron chi connectivity index (χ2n) is 6.30. The maximum absolute atomic E-state index is 12.6. The Morgan fingerprint density at radius 1 is 1.07 bits per heavy atom. The van der Waals surface area contributed by atoms with Crippen molar-refractivity contribution in [2.75, 3.05) is 5.75 Å². The van der Waals surface area contributed by atoms with Crippen LogP contribution in [0.3, 0.4) is 0 Å². The van der Waals surface area contributed by atoms with Gasteiger partial charge in [0, 0.05) is 35.1 Å². The Balaban J connectivity index is 1.44. The molecule has 0 aliphatic carbocycles. The zero-order chi connectivity index (χ0) is 18.4. The highest BCUT2D eigenvalue weighted by Crippen LogP contribution is 2.26. The second-order valence-corrected chi connectivity index (χ2v) is 7.25. The molecule has 0 fully saturated rings. The van der Waals surface area contributed by atoms with Gasteiger partial charge in [-0.1, -0.05) is 48.2 Å². The minimum atomic E-state index is 0.0400. The fourth-order valence-electron chi connectivity index (χ4n) is 3.36. The van der Waals surface area contributed by atoms with Crippen LogP contribution in [-0.4, -0.2) is 36.3 Å². The number of carbonyl (C=O) groups excluding carboxylic acids is 1. The number of aromatic amines is 1. The number of fused-ring (bicyclic) bond motifs is 4. The van der Waals surface area contributed by atoms with E-state index in [-0.39, 0.29) is 11.5 Å². The summed E-state index contributed by atoms with van der Waals surface area (Å²) in [5.74, 6) is 0.303. The summed E-state index contributed by atoms with van der Waals surface area (Å²) in [6.45, 7) is 0. The number of H-pyrrole nitrogens is 1. The normalized spacial score (nSPS) is 11.6. The molecule has 6 nitrogen and oxygen atoms in total. The van der Waals surface area contributed by atoms with Gasteiger partial charge in [0.1, 0.15) is 5.52 Å². The number of ketones is 1. The summed E-state index contributed by atoms with van der Waals surface area (Å²) >= 11 is 1.31. The minimum Gasteiger partial charge on any atom is -0.360 e. The van der Waals surface area contributed by atoms with Crippen molar-refractivity contribution in [2.24, 2.45) is 7.05 Å². The van der Waals surface area contributed by atoms with Gasteiger partial charge in [0.15, 0.2) is 11.4 Å². The monoisotopic (exact) mass is 373 g/mol. The van der Waals surface area contributed by atoms with E-state index in [0.29, 0.717) is 10.7 Å². The molecule has 0 radical (unpaired) electrons. The first-order valence-electron chi connectivity index (χ1n) is 8.52. The number of para-hydroxylation sites is 2. The number of nitrogens with zero attached hydrogens (tertiary/aromatic N) is 4. The van der Waals surface area contributed by atoms with E-state index < -0.39 is 0 Å². The van der Waals surface area contributed by atoms with Crippen LogP contribution in [0.4, 0.5) is 0 Å². The molecule has 0 saturated heterocycles. The van der Waals surface area contributed by atoms with E-state index in [2.05, 4.69) is 20.2 Å². The molecule has 0 amide bonds. The molecule has 5 rings (SSSR count). The molecule has 0 aliphatic heterocycles.